The first-order valence-electron chi connectivity index (χ1n) is 13.2. The molecule has 178 valence electrons. The van der Waals surface area contributed by atoms with Crippen molar-refractivity contribution in [2.45, 2.75) is 117 Å². The number of aliphatic hydroxyl groups excluding tert-OH is 2. The summed E-state index contributed by atoms with van der Waals surface area (Å²) in [5.41, 5.74) is 0.594. The molecule has 0 unspecified atom stereocenters. The third-order valence-electron chi connectivity index (χ3n) is 10.7. The topological polar surface area (TPSA) is 69.6 Å². The molecule has 0 aromatic rings. The molecule has 4 nitrogen and oxygen atoms in total. The molecule has 1 amide bonds. The normalized spacial score (nSPS) is 47.9. The van der Waals surface area contributed by atoms with E-state index >= 15 is 0 Å². The fourth-order valence-electron chi connectivity index (χ4n) is 9.13. The highest BCUT2D eigenvalue weighted by atomic mass is 16.3. The lowest BCUT2D eigenvalue weighted by atomic mass is 9.43. The van der Waals surface area contributed by atoms with Crippen molar-refractivity contribution in [1.29, 1.82) is 0 Å². The molecule has 31 heavy (non-hydrogen) atoms. The van der Waals surface area contributed by atoms with Crippen molar-refractivity contribution in [2.24, 2.45) is 46.3 Å². The smallest absolute Gasteiger partial charge is 0.220 e. The number of nitrogens with one attached hydrogen (secondary N) is 1. The zero-order valence-electron chi connectivity index (χ0n) is 20.6. The minimum atomic E-state index is -0.205. The SMILES string of the molecule is CC(C)NC(=O)CC[C@@H](C)[C@H]1CC[C@H]2[C@@H]3[C@@H](O)C[C@@H]4C[C@H](O)CC[C@]4(C)[C@H]3CC[C@]12C. The summed E-state index contributed by atoms with van der Waals surface area (Å²) in [5, 5.41) is 24.7. The van der Waals surface area contributed by atoms with Crippen molar-refractivity contribution < 1.29 is 15.0 Å². The van der Waals surface area contributed by atoms with E-state index in [9.17, 15) is 15.0 Å². The molecule has 4 aliphatic rings. The minimum absolute atomic E-state index is 0.166. The molecular formula is C27H47NO3. The Bertz CT molecular complexity index is 665. The Morgan fingerprint density at radius 1 is 0.968 bits per heavy atom. The number of carbonyl (C=O) groups is 1. The fourth-order valence-corrected chi connectivity index (χ4v) is 9.13. The molecule has 0 spiro atoms. The summed E-state index contributed by atoms with van der Waals surface area (Å²) in [6.07, 6.45) is 10.1. The third kappa shape index (κ3) is 4.09. The highest BCUT2D eigenvalue weighted by Gasteiger charge is 2.62. The monoisotopic (exact) mass is 433 g/mol. The molecule has 0 bridgehead atoms. The average Bonchev–Trinajstić information content (AvgIpc) is 3.04. The molecule has 4 saturated carbocycles. The number of fused-ring (bicyclic) bond motifs is 5. The summed E-state index contributed by atoms with van der Waals surface area (Å²) in [6, 6.07) is 0.213. The Morgan fingerprint density at radius 2 is 1.65 bits per heavy atom. The van der Waals surface area contributed by atoms with Gasteiger partial charge in [0.1, 0.15) is 0 Å². The van der Waals surface area contributed by atoms with E-state index in [-0.39, 0.29) is 24.2 Å². The predicted molar refractivity (Wildman–Crippen MR) is 124 cm³/mol. The molecule has 4 fully saturated rings. The second-order valence-corrected chi connectivity index (χ2v) is 12.7. The maximum absolute atomic E-state index is 12.2. The van der Waals surface area contributed by atoms with Crippen LogP contribution in [-0.4, -0.2) is 34.4 Å². The highest BCUT2D eigenvalue weighted by Crippen LogP contribution is 2.68. The Morgan fingerprint density at radius 3 is 2.35 bits per heavy atom. The second-order valence-electron chi connectivity index (χ2n) is 12.7. The van der Waals surface area contributed by atoms with E-state index in [1.807, 2.05) is 13.8 Å². The van der Waals surface area contributed by atoms with Gasteiger partial charge in [-0.15, -0.1) is 0 Å². The van der Waals surface area contributed by atoms with Gasteiger partial charge in [0.05, 0.1) is 12.2 Å². The first-order valence-corrected chi connectivity index (χ1v) is 13.2. The van der Waals surface area contributed by atoms with Gasteiger partial charge in [0.2, 0.25) is 5.91 Å². The Labute approximate surface area is 190 Å². The minimum Gasteiger partial charge on any atom is -0.393 e. The number of rotatable bonds is 5. The zero-order chi connectivity index (χ0) is 22.6. The molecule has 0 aromatic carbocycles. The maximum Gasteiger partial charge on any atom is 0.220 e. The van der Waals surface area contributed by atoms with E-state index in [4.69, 9.17) is 0 Å². The van der Waals surface area contributed by atoms with Crippen molar-refractivity contribution in [2.75, 3.05) is 0 Å². The molecule has 10 atom stereocenters. The van der Waals surface area contributed by atoms with Crippen LogP contribution in [0.15, 0.2) is 0 Å². The second kappa shape index (κ2) is 8.63. The molecule has 4 heteroatoms. The molecule has 4 aliphatic carbocycles. The van der Waals surface area contributed by atoms with Crippen molar-refractivity contribution in [3.63, 3.8) is 0 Å². The Kier molecular flexibility index (Phi) is 6.55. The zero-order valence-corrected chi connectivity index (χ0v) is 20.6. The van der Waals surface area contributed by atoms with E-state index in [0.29, 0.717) is 52.8 Å². The first kappa shape index (κ1) is 23.5. The van der Waals surface area contributed by atoms with Gasteiger partial charge in [-0.2, -0.15) is 0 Å². The van der Waals surface area contributed by atoms with Crippen molar-refractivity contribution >= 4 is 5.91 Å². The summed E-state index contributed by atoms with van der Waals surface area (Å²) >= 11 is 0. The van der Waals surface area contributed by atoms with Crippen LogP contribution in [0.5, 0.6) is 0 Å². The number of hydrogen-bond donors (Lipinski definition) is 3. The molecule has 0 aromatic heterocycles. The fraction of sp³-hybridized carbons (Fsp3) is 0.963. The van der Waals surface area contributed by atoms with Gasteiger partial charge in [-0.25, -0.2) is 0 Å². The van der Waals surface area contributed by atoms with Gasteiger partial charge in [-0.3, -0.25) is 4.79 Å². The lowest BCUT2D eigenvalue weighted by molar-refractivity contribution is -0.174. The van der Waals surface area contributed by atoms with Crippen LogP contribution in [0, 0.1) is 46.3 Å². The van der Waals surface area contributed by atoms with Crippen LogP contribution in [0.2, 0.25) is 0 Å². The van der Waals surface area contributed by atoms with Crippen LogP contribution in [0.25, 0.3) is 0 Å². The van der Waals surface area contributed by atoms with Crippen LogP contribution in [0.3, 0.4) is 0 Å². The van der Waals surface area contributed by atoms with Crippen molar-refractivity contribution in [1.82, 2.24) is 5.32 Å². The molecule has 3 N–H and O–H groups in total. The van der Waals surface area contributed by atoms with Crippen LogP contribution in [-0.2, 0) is 4.79 Å². The number of carbonyl (C=O) groups excluding carboxylic acids is 1. The van der Waals surface area contributed by atoms with E-state index in [0.717, 1.165) is 32.1 Å². The molecule has 0 aliphatic heterocycles. The van der Waals surface area contributed by atoms with Gasteiger partial charge < -0.3 is 15.5 Å². The number of hydrogen-bond acceptors (Lipinski definition) is 3. The average molecular weight is 434 g/mol. The van der Waals surface area contributed by atoms with E-state index in [2.05, 4.69) is 26.1 Å². The predicted octanol–water partition coefficient (Wildman–Crippen LogP) is 4.92. The maximum atomic E-state index is 12.2. The lowest BCUT2D eigenvalue weighted by Gasteiger charge is -2.62. The molecule has 0 heterocycles. The Hall–Kier alpha value is -0.610. The molecule has 0 saturated heterocycles. The molecule has 4 rings (SSSR count). The first-order chi connectivity index (χ1) is 14.6. The lowest BCUT2D eigenvalue weighted by Crippen LogP contribution is -2.58. The van der Waals surface area contributed by atoms with Crippen molar-refractivity contribution in [3.8, 4) is 0 Å². The van der Waals surface area contributed by atoms with Gasteiger partial charge >= 0.3 is 0 Å². The standard InChI is InChI=1S/C27H47NO3/c1-16(2)28-24(31)9-6-17(3)20-7-8-21-25-22(11-13-27(20,21)5)26(4)12-10-19(29)14-18(26)15-23(25)30/h16-23,25,29-30H,6-15H2,1-5H3,(H,28,31)/t17-,18+,19-,20-,21+,22+,23+,25+,26+,27-/m1/s1. The molecular weight excluding hydrogens is 386 g/mol. The molecule has 0 radical (unpaired) electrons. The van der Waals surface area contributed by atoms with E-state index < -0.39 is 0 Å². The van der Waals surface area contributed by atoms with Gasteiger partial charge in [-0.1, -0.05) is 20.8 Å². The third-order valence-corrected chi connectivity index (χ3v) is 10.7. The summed E-state index contributed by atoms with van der Waals surface area (Å²) in [4.78, 5) is 12.2. The van der Waals surface area contributed by atoms with Gasteiger partial charge in [-0.05, 0) is 118 Å². The largest absolute Gasteiger partial charge is 0.393 e. The van der Waals surface area contributed by atoms with Crippen LogP contribution >= 0.6 is 0 Å². The summed E-state index contributed by atoms with van der Waals surface area (Å²) in [5.74, 6) is 3.53. The number of aliphatic hydroxyl groups is 2. The Balaban J connectivity index is 1.47. The highest BCUT2D eigenvalue weighted by molar-refractivity contribution is 5.76. The van der Waals surface area contributed by atoms with Gasteiger partial charge in [0.25, 0.3) is 0 Å². The number of amides is 1. The quantitative estimate of drug-likeness (QED) is 0.576. The van der Waals surface area contributed by atoms with Crippen molar-refractivity contribution in [3.05, 3.63) is 0 Å². The summed E-state index contributed by atoms with van der Waals surface area (Å²) < 4.78 is 0. The summed E-state index contributed by atoms with van der Waals surface area (Å²) in [7, 11) is 0. The van der Waals surface area contributed by atoms with Crippen LogP contribution in [0.4, 0.5) is 0 Å². The van der Waals surface area contributed by atoms with Crippen LogP contribution < -0.4 is 5.32 Å². The van der Waals surface area contributed by atoms with Crippen LogP contribution in [0.1, 0.15) is 98.8 Å². The van der Waals surface area contributed by atoms with Gasteiger partial charge in [0.15, 0.2) is 0 Å². The van der Waals surface area contributed by atoms with Gasteiger partial charge in [0, 0.05) is 12.5 Å². The van der Waals surface area contributed by atoms with E-state index in [1.165, 1.54) is 25.7 Å². The summed E-state index contributed by atoms with van der Waals surface area (Å²) in [6.45, 7) is 11.4. The van der Waals surface area contributed by atoms with E-state index in [1.54, 1.807) is 0 Å².